The zero-order valence-electron chi connectivity index (χ0n) is 10.2. The molecule has 0 bridgehead atoms. The molecule has 16 heavy (non-hydrogen) atoms. The highest BCUT2D eigenvalue weighted by molar-refractivity contribution is 9.09. The van der Waals surface area contributed by atoms with E-state index in [9.17, 15) is 0 Å². The van der Waals surface area contributed by atoms with E-state index in [1.165, 1.54) is 12.1 Å². The van der Waals surface area contributed by atoms with Crippen molar-refractivity contribution in [2.24, 2.45) is 18.4 Å². The van der Waals surface area contributed by atoms with Gasteiger partial charge in [-0.25, -0.2) is 0 Å². The molecule has 0 radical (unpaired) electrons. The summed E-state index contributed by atoms with van der Waals surface area (Å²) in [6.07, 6.45) is 4.25. The summed E-state index contributed by atoms with van der Waals surface area (Å²) in [5.41, 5.74) is 1.46. The van der Waals surface area contributed by atoms with Gasteiger partial charge in [-0.05, 0) is 30.2 Å². The van der Waals surface area contributed by atoms with Crippen LogP contribution < -0.4 is 0 Å². The van der Waals surface area contributed by atoms with Gasteiger partial charge in [0, 0.05) is 23.9 Å². The van der Waals surface area contributed by atoms with Gasteiger partial charge in [-0.1, -0.05) is 45.7 Å². The zero-order valence-corrected chi connectivity index (χ0v) is 13.4. The van der Waals surface area contributed by atoms with Crippen LogP contribution in [0.3, 0.4) is 0 Å². The van der Waals surface area contributed by atoms with Crippen molar-refractivity contribution >= 4 is 31.9 Å². The van der Waals surface area contributed by atoms with E-state index in [-0.39, 0.29) is 5.41 Å². The molecule has 0 amide bonds. The van der Waals surface area contributed by atoms with Crippen molar-refractivity contribution in [2.75, 3.05) is 10.7 Å². The highest BCUT2D eigenvalue weighted by atomic mass is 79.9. The molecule has 0 saturated heterocycles. The molecule has 1 aromatic rings. The highest BCUT2D eigenvalue weighted by Crippen LogP contribution is 2.34. The molecule has 1 rings (SSSR count). The van der Waals surface area contributed by atoms with E-state index in [4.69, 9.17) is 0 Å². The van der Waals surface area contributed by atoms with Gasteiger partial charge in [0.2, 0.25) is 0 Å². The van der Waals surface area contributed by atoms with Crippen LogP contribution in [0.5, 0.6) is 0 Å². The molecule has 0 aromatic carbocycles. The first-order valence-electron chi connectivity index (χ1n) is 5.62. The van der Waals surface area contributed by atoms with Crippen LogP contribution in [0.25, 0.3) is 0 Å². The third kappa shape index (κ3) is 3.88. The Kier molecular flexibility index (Phi) is 5.51. The van der Waals surface area contributed by atoms with Gasteiger partial charge in [0.15, 0.2) is 0 Å². The summed E-state index contributed by atoms with van der Waals surface area (Å²) in [4.78, 5) is 0. The third-order valence-corrected chi connectivity index (χ3v) is 5.11. The molecule has 0 atom stereocenters. The summed E-state index contributed by atoms with van der Waals surface area (Å²) in [7, 11) is 1.97. The van der Waals surface area contributed by atoms with Gasteiger partial charge in [-0.2, -0.15) is 5.10 Å². The second-order valence-electron chi connectivity index (χ2n) is 5.02. The Morgan fingerprint density at radius 3 is 2.38 bits per heavy atom. The predicted molar refractivity (Wildman–Crippen MR) is 76.4 cm³/mol. The summed E-state index contributed by atoms with van der Waals surface area (Å²) in [5, 5.41) is 6.50. The lowest BCUT2D eigenvalue weighted by atomic mass is 9.80. The molecule has 0 fully saturated rings. The highest BCUT2D eigenvalue weighted by Gasteiger charge is 2.30. The summed E-state index contributed by atoms with van der Waals surface area (Å²) >= 11 is 7.32. The summed E-state index contributed by atoms with van der Waals surface area (Å²) in [6.45, 7) is 4.55. The molecule has 0 aliphatic carbocycles. The van der Waals surface area contributed by atoms with Crippen LogP contribution >= 0.6 is 31.9 Å². The molecule has 0 aliphatic rings. The van der Waals surface area contributed by atoms with E-state index in [1.807, 2.05) is 17.9 Å². The van der Waals surface area contributed by atoms with Crippen LogP contribution in [0.2, 0.25) is 0 Å². The van der Waals surface area contributed by atoms with Gasteiger partial charge in [0.05, 0.1) is 5.69 Å². The Hall–Kier alpha value is 0.170. The van der Waals surface area contributed by atoms with E-state index >= 15 is 0 Å². The standard InChI is InChI=1S/C12H20Br2N2/c1-10(2)6-12(8-13,9-14)7-11-4-5-16(3)15-11/h4-5,10H,6-9H2,1-3H3. The van der Waals surface area contributed by atoms with Crippen molar-refractivity contribution in [1.82, 2.24) is 9.78 Å². The van der Waals surface area contributed by atoms with Crippen LogP contribution in [-0.4, -0.2) is 20.4 Å². The average Bonchev–Trinajstić information content (AvgIpc) is 2.62. The van der Waals surface area contributed by atoms with Gasteiger partial charge in [0.1, 0.15) is 0 Å². The largest absolute Gasteiger partial charge is 0.276 e. The van der Waals surface area contributed by atoms with Crippen LogP contribution in [-0.2, 0) is 13.5 Å². The number of halogens is 2. The average molecular weight is 352 g/mol. The molecule has 0 saturated carbocycles. The van der Waals surface area contributed by atoms with Crippen LogP contribution in [0, 0.1) is 11.3 Å². The Labute approximate surface area is 115 Å². The number of aryl methyl sites for hydroxylation is 1. The van der Waals surface area contributed by atoms with E-state index in [1.54, 1.807) is 0 Å². The van der Waals surface area contributed by atoms with Crippen molar-refractivity contribution in [1.29, 1.82) is 0 Å². The Morgan fingerprint density at radius 1 is 1.38 bits per heavy atom. The molecule has 0 unspecified atom stereocenters. The number of hydrogen-bond donors (Lipinski definition) is 0. The minimum atomic E-state index is 0.280. The summed E-state index contributed by atoms with van der Waals surface area (Å²) < 4.78 is 1.87. The minimum Gasteiger partial charge on any atom is -0.276 e. The maximum atomic E-state index is 4.47. The maximum Gasteiger partial charge on any atom is 0.0630 e. The molecule has 92 valence electrons. The quantitative estimate of drug-likeness (QED) is 0.713. The fourth-order valence-corrected chi connectivity index (χ4v) is 3.90. The molecular weight excluding hydrogens is 332 g/mol. The van der Waals surface area contributed by atoms with E-state index in [0.717, 1.165) is 17.1 Å². The van der Waals surface area contributed by atoms with Crippen molar-refractivity contribution in [3.8, 4) is 0 Å². The Bertz CT molecular complexity index is 317. The lowest BCUT2D eigenvalue weighted by molar-refractivity contribution is 0.301. The summed E-state index contributed by atoms with van der Waals surface area (Å²) in [6, 6.07) is 2.11. The molecular formula is C12H20Br2N2. The van der Waals surface area contributed by atoms with Gasteiger partial charge >= 0.3 is 0 Å². The second-order valence-corrected chi connectivity index (χ2v) is 6.14. The lowest BCUT2D eigenvalue weighted by Crippen LogP contribution is -2.29. The van der Waals surface area contributed by atoms with Crippen LogP contribution in [0.15, 0.2) is 12.3 Å². The molecule has 4 heteroatoms. The van der Waals surface area contributed by atoms with Gasteiger partial charge in [0.25, 0.3) is 0 Å². The molecule has 1 heterocycles. The first-order chi connectivity index (χ1) is 7.51. The summed E-state index contributed by atoms with van der Waals surface area (Å²) in [5.74, 6) is 0.707. The molecule has 0 aliphatic heterocycles. The number of rotatable bonds is 6. The van der Waals surface area contributed by atoms with Crippen molar-refractivity contribution in [2.45, 2.75) is 26.7 Å². The van der Waals surface area contributed by atoms with E-state index < -0.39 is 0 Å². The van der Waals surface area contributed by atoms with Crippen LogP contribution in [0.4, 0.5) is 0 Å². The Balaban J connectivity index is 2.77. The smallest absolute Gasteiger partial charge is 0.0630 e. The van der Waals surface area contributed by atoms with Gasteiger partial charge in [-0.3, -0.25) is 4.68 Å². The third-order valence-electron chi connectivity index (χ3n) is 2.73. The normalized spacial score (nSPS) is 12.4. The number of nitrogens with zero attached hydrogens (tertiary/aromatic N) is 2. The van der Waals surface area contributed by atoms with Gasteiger partial charge < -0.3 is 0 Å². The first-order valence-corrected chi connectivity index (χ1v) is 7.86. The number of alkyl halides is 2. The van der Waals surface area contributed by atoms with Crippen molar-refractivity contribution in [3.05, 3.63) is 18.0 Å². The topological polar surface area (TPSA) is 17.8 Å². The van der Waals surface area contributed by atoms with Crippen LogP contribution in [0.1, 0.15) is 26.0 Å². The SMILES string of the molecule is CC(C)CC(CBr)(CBr)Cc1ccn(C)n1. The fraction of sp³-hybridized carbons (Fsp3) is 0.750. The van der Waals surface area contributed by atoms with E-state index in [0.29, 0.717) is 5.92 Å². The van der Waals surface area contributed by atoms with E-state index in [2.05, 4.69) is 56.9 Å². The van der Waals surface area contributed by atoms with Crippen molar-refractivity contribution < 1.29 is 0 Å². The molecule has 2 nitrogen and oxygen atoms in total. The van der Waals surface area contributed by atoms with Gasteiger partial charge in [-0.15, -0.1) is 0 Å². The second kappa shape index (κ2) is 6.20. The Morgan fingerprint density at radius 2 is 2.00 bits per heavy atom. The lowest BCUT2D eigenvalue weighted by Gasteiger charge is -2.31. The number of aromatic nitrogens is 2. The fourth-order valence-electron chi connectivity index (χ4n) is 2.12. The predicted octanol–water partition coefficient (Wildman–Crippen LogP) is 3.78. The minimum absolute atomic E-state index is 0.280. The monoisotopic (exact) mass is 350 g/mol. The maximum absolute atomic E-state index is 4.47. The zero-order chi connectivity index (χ0) is 12.2. The number of hydrogen-bond acceptors (Lipinski definition) is 1. The molecule has 0 N–H and O–H groups in total. The first kappa shape index (κ1) is 14.2. The molecule has 0 spiro atoms. The van der Waals surface area contributed by atoms with Crippen molar-refractivity contribution in [3.63, 3.8) is 0 Å². The molecule has 1 aromatic heterocycles.